The number of hydrogen-bond donors (Lipinski definition) is 0. The molecule has 4 nitrogen and oxygen atoms in total. The van der Waals surface area contributed by atoms with Crippen molar-refractivity contribution < 1.29 is 9.47 Å². The first-order valence-corrected chi connectivity index (χ1v) is 6.70. The maximum absolute atomic E-state index is 5.70. The lowest BCUT2D eigenvalue weighted by molar-refractivity contribution is 0.354. The third-order valence-corrected chi connectivity index (χ3v) is 3.76. The lowest BCUT2D eigenvalue weighted by Crippen LogP contribution is -1.93. The highest BCUT2D eigenvalue weighted by molar-refractivity contribution is 7.11. The molecule has 0 N–H and O–H groups in total. The smallest absolute Gasteiger partial charge is 0.160 e. The molecule has 0 radical (unpaired) electrons. The summed E-state index contributed by atoms with van der Waals surface area (Å²) in [6.07, 6.45) is 0.717. The van der Waals surface area contributed by atoms with E-state index in [2.05, 4.69) is 10.2 Å². The highest BCUT2D eigenvalue weighted by Gasteiger charge is 2.08. The van der Waals surface area contributed by atoms with Crippen molar-refractivity contribution >= 4 is 22.9 Å². The first kappa shape index (κ1) is 13.1. The molecule has 0 saturated heterocycles. The summed E-state index contributed by atoms with van der Waals surface area (Å²) in [5, 5.41) is 9.86. The van der Waals surface area contributed by atoms with Crippen molar-refractivity contribution in [1.82, 2.24) is 10.2 Å². The zero-order chi connectivity index (χ0) is 13.0. The molecule has 2 aromatic rings. The molecular weight excluding hydrogens is 272 g/mol. The Kier molecular flexibility index (Phi) is 4.38. The fourth-order valence-electron chi connectivity index (χ4n) is 1.58. The van der Waals surface area contributed by atoms with E-state index in [0.717, 1.165) is 33.5 Å². The van der Waals surface area contributed by atoms with Gasteiger partial charge in [0.2, 0.25) is 0 Å². The Morgan fingerprint density at radius 3 is 2.44 bits per heavy atom. The molecule has 0 aliphatic carbocycles. The molecule has 96 valence electrons. The lowest BCUT2D eigenvalue weighted by atomic mass is 10.1. The van der Waals surface area contributed by atoms with E-state index in [-0.39, 0.29) is 0 Å². The molecule has 0 fully saturated rings. The van der Waals surface area contributed by atoms with Crippen LogP contribution in [0.3, 0.4) is 0 Å². The zero-order valence-corrected chi connectivity index (χ0v) is 11.7. The van der Waals surface area contributed by atoms with Crippen LogP contribution in [0.4, 0.5) is 0 Å². The molecule has 0 aliphatic heterocycles. The van der Waals surface area contributed by atoms with Gasteiger partial charge in [0.05, 0.1) is 20.1 Å². The predicted molar refractivity (Wildman–Crippen MR) is 71.8 cm³/mol. The van der Waals surface area contributed by atoms with E-state index in [1.807, 2.05) is 18.2 Å². The minimum Gasteiger partial charge on any atom is -0.493 e. The molecule has 0 unspecified atom stereocenters. The molecule has 0 atom stereocenters. The fourth-order valence-corrected chi connectivity index (χ4v) is 2.52. The fraction of sp³-hybridized carbons (Fsp3) is 0.333. The van der Waals surface area contributed by atoms with Crippen LogP contribution in [0.25, 0.3) is 0 Å². The van der Waals surface area contributed by atoms with Crippen molar-refractivity contribution in [3.63, 3.8) is 0 Å². The van der Waals surface area contributed by atoms with Gasteiger partial charge >= 0.3 is 0 Å². The average Bonchev–Trinajstić information content (AvgIpc) is 2.86. The maximum atomic E-state index is 5.70. The van der Waals surface area contributed by atoms with Crippen LogP contribution in [0.15, 0.2) is 18.2 Å². The Balaban J connectivity index is 2.18. The second kappa shape index (κ2) is 6.02. The number of nitrogens with zero attached hydrogens (tertiary/aromatic N) is 2. The van der Waals surface area contributed by atoms with Gasteiger partial charge in [0.15, 0.2) is 11.5 Å². The Morgan fingerprint density at radius 2 is 1.83 bits per heavy atom. The lowest BCUT2D eigenvalue weighted by Gasteiger charge is -2.08. The van der Waals surface area contributed by atoms with Crippen LogP contribution in [-0.2, 0) is 12.3 Å². The summed E-state index contributed by atoms with van der Waals surface area (Å²) < 4.78 is 10.5. The van der Waals surface area contributed by atoms with E-state index in [9.17, 15) is 0 Å². The van der Waals surface area contributed by atoms with Gasteiger partial charge in [-0.2, -0.15) is 0 Å². The minimum absolute atomic E-state index is 0.406. The molecule has 1 aromatic carbocycles. The van der Waals surface area contributed by atoms with Crippen molar-refractivity contribution in [3.05, 3.63) is 33.8 Å². The average molecular weight is 285 g/mol. The number of halogens is 1. The van der Waals surface area contributed by atoms with Gasteiger partial charge in [-0.05, 0) is 17.7 Å². The number of hydrogen-bond acceptors (Lipinski definition) is 5. The molecule has 18 heavy (non-hydrogen) atoms. The number of aromatic nitrogens is 2. The van der Waals surface area contributed by atoms with Crippen LogP contribution in [0.5, 0.6) is 11.5 Å². The molecule has 0 aliphatic rings. The van der Waals surface area contributed by atoms with E-state index in [1.54, 1.807) is 14.2 Å². The Morgan fingerprint density at radius 1 is 1.11 bits per heavy atom. The summed E-state index contributed by atoms with van der Waals surface area (Å²) in [5.41, 5.74) is 1.10. The zero-order valence-electron chi connectivity index (χ0n) is 10.1. The van der Waals surface area contributed by atoms with Crippen molar-refractivity contribution in [3.8, 4) is 11.5 Å². The molecule has 0 amide bonds. The minimum atomic E-state index is 0.406. The Bertz CT molecular complexity index is 531. The summed E-state index contributed by atoms with van der Waals surface area (Å²) in [6, 6.07) is 5.82. The SMILES string of the molecule is COc1ccc(Cc2nnc(CCl)s2)cc1OC. The largest absolute Gasteiger partial charge is 0.493 e. The Labute approximate surface area is 115 Å². The molecule has 1 aromatic heterocycles. The number of ether oxygens (including phenoxy) is 2. The standard InChI is InChI=1S/C12H13ClN2O2S/c1-16-9-4-3-8(5-10(9)17-2)6-11-14-15-12(7-13)18-11/h3-5H,6-7H2,1-2H3. The van der Waals surface area contributed by atoms with E-state index >= 15 is 0 Å². The highest BCUT2D eigenvalue weighted by atomic mass is 35.5. The predicted octanol–water partition coefficient (Wildman–Crippen LogP) is 2.88. The van der Waals surface area contributed by atoms with Crippen LogP contribution in [-0.4, -0.2) is 24.4 Å². The summed E-state index contributed by atoms with van der Waals surface area (Å²) in [6.45, 7) is 0. The quantitative estimate of drug-likeness (QED) is 0.792. The topological polar surface area (TPSA) is 44.2 Å². The second-order valence-electron chi connectivity index (χ2n) is 3.59. The van der Waals surface area contributed by atoms with Gasteiger partial charge in [0, 0.05) is 6.42 Å². The van der Waals surface area contributed by atoms with Crippen molar-refractivity contribution in [2.24, 2.45) is 0 Å². The van der Waals surface area contributed by atoms with Gasteiger partial charge in [-0.15, -0.1) is 21.8 Å². The van der Waals surface area contributed by atoms with Gasteiger partial charge in [0.1, 0.15) is 10.0 Å². The second-order valence-corrected chi connectivity index (χ2v) is 5.00. The summed E-state index contributed by atoms with van der Waals surface area (Å²) in [5.74, 6) is 1.85. The van der Waals surface area contributed by atoms with Crippen molar-refractivity contribution in [2.45, 2.75) is 12.3 Å². The van der Waals surface area contributed by atoms with E-state index in [4.69, 9.17) is 21.1 Å². The van der Waals surface area contributed by atoms with Crippen LogP contribution in [0.2, 0.25) is 0 Å². The van der Waals surface area contributed by atoms with E-state index < -0.39 is 0 Å². The number of alkyl halides is 1. The van der Waals surface area contributed by atoms with Gasteiger partial charge in [-0.3, -0.25) is 0 Å². The first-order chi connectivity index (χ1) is 8.76. The molecule has 0 saturated carbocycles. The van der Waals surface area contributed by atoms with Crippen LogP contribution < -0.4 is 9.47 Å². The molecule has 1 heterocycles. The monoisotopic (exact) mass is 284 g/mol. The van der Waals surface area contributed by atoms with Crippen LogP contribution >= 0.6 is 22.9 Å². The number of methoxy groups -OCH3 is 2. The van der Waals surface area contributed by atoms with Gasteiger partial charge < -0.3 is 9.47 Å². The molecule has 0 spiro atoms. The molecule has 0 bridgehead atoms. The first-order valence-electron chi connectivity index (χ1n) is 5.35. The van der Waals surface area contributed by atoms with Crippen LogP contribution in [0.1, 0.15) is 15.6 Å². The Hall–Kier alpha value is -1.33. The summed E-state index contributed by atoms with van der Waals surface area (Å²) in [7, 11) is 3.24. The van der Waals surface area contributed by atoms with Gasteiger partial charge in [-0.1, -0.05) is 17.4 Å². The molecule has 2 rings (SSSR count). The highest BCUT2D eigenvalue weighted by Crippen LogP contribution is 2.28. The number of benzene rings is 1. The molecule has 6 heteroatoms. The maximum Gasteiger partial charge on any atom is 0.160 e. The van der Waals surface area contributed by atoms with E-state index in [0.29, 0.717) is 5.88 Å². The summed E-state index contributed by atoms with van der Waals surface area (Å²) >= 11 is 7.23. The van der Waals surface area contributed by atoms with Gasteiger partial charge in [-0.25, -0.2) is 0 Å². The van der Waals surface area contributed by atoms with E-state index in [1.165, 1.54) is 11.3 Å². The van der Waals surface area contributed by atoms with Crippen molar-refractivity contribution in [2.75, 3.05) is 14.2 Å². The normalized spacial score (nSPS) is 10.4. The summed E-state index contributed by atoms with van der Waals surface area (Å²) in [4.78, 5) is 0. The third kappa shape index (κ3) is 2.91. The molecular formula is C12H13ClN2O2S. The third-order valence-electron chi connectivity index (χ3n) is 2.43. The van der Waals surface area contributed by atoms with Gasteiger partial charge in [0.25, 0.3) is 0 Å². The van der Waals surface area contributed by atoms with Crippen molar-refractivity contribution in [1.29, 1.82) is 0 Å². The van der Waals surface area contributed by atoms with Crippen LogP contribution in [0, 0.1) is 0 Å². The number of rotatable bonds is 5.